The topological polar surface area (TPSA) is 76.0 Å². The van der Waals surface area contributed by atoms with E-state index >= 15 is 0 Å². The molecule has 0 aromatic heterocycles. The van der Waals surface area contributed by atoms with Gasteiger partial charge in [-0.25, -0.2) is 4.79 Å². The summed E-state index contributed by atoms with van der Waals surface area (Å²) in [6.07, 6.45) is 0. The second-order valence-corrected chi connectivity index (χ2v) is 4.12. The average Bonchev–Trinajstić information content (AvgIpc) is 2.46. The van der Waals surface area contributed by atoms with Gasteiger partial charge in [-0.1, -0.05) is 12.1 Å². The monoisotopic (exact) mass is 274 g/mol. The number of methoxy groups -OCH3 is 1. The summed E-state index contributed by atoms with van der Waals surface area (Å²) in [6, 6.07) is 11.2. The van der Waals surface area contributed by atoms with Crippen molar-refractivity contribution in [1.29, 1.82) is 0 Å². The van der Waals surface area contributed by atoms with Crippen LogP contribution in [0, 0.1) is 0 Å². The first-order chi connectivity index (χ1) is 9.60. The van der Waals surface area contributed by atoms with Crippen molar-refractivity contribution < 1.29 is 24.5 Å². The Labute approximate surface area is 116 Å². The van der Waals surface area contributed by atoms with Gasteiger partial charge in [0.25, 0.3) is 0 Å². The van der Waals surface area contributed by atoms with Crippen LogP contribution in [-0.2, 0) is 6.61 Å². The van der Waals surface area contributed by atoms with Crippen LogP contribution < -0.4 is 9.47 Å². The molecule has 0 atom stereocenters. The van der Waals surface area contributed by atoms with Crippen molar-refractivity contribution >= 4 is 5.97 Å². The highest BCUT2D eigenvalue weighted by Crippen LogP contribution is 2.23. The van der Waals surface area contributed by atoms with Crippen LogP contribution in [0.4, 0.5) is 0 Å². The maximum atomic E-state index is 10.8. The zero-order chi connectivity index (χ0) is 14.5. The highest BCUT2D eigenvalue weighted by molar-refractivity contribution is 5.88. The van der Waals surface area contributed by atoms with E-state index in [1.165, 1.54) is 18.2 Å². The van der Waals surface area contributed by atoms with Gasteiger partial charge in [0, 0.05) is 11.6 Å². The summed E-state index contributed by atoms with van der Waals surface area (Å²) in [5.74, 6) is 0.0902. The van der Waals surface area contributed by atoms with Crippen molar-refractivity contribution in [3.8, 4) is 17.2 Å². The summed E-state index contributed by atoms with van der Waals surface area (Å²) in [5.41, 5.74) is 0.547. The molecular formula is C15H14O5. The number of benzene rings is 2. The molecule has 0 aliphatic heterocycles. The molecule has 2 rings (SSSR count). The van der Waals surface area contributed by atoms with Crippen LogP contribution in [0.2, 0.25) is 0 Å². The summed E-state index contributed by atoms with van der Waals surface area (Å²) in [6.45, 7) is 0.138. The highest BCUT2D eigenvalue weighted by atomic mass is 16.5. The lowest BCUT2D eigenvalue weighted by Gasteiger charge is -2.09. The molecule has 0 saturated carbocycles. The lowest BCUT2D eigenvalue weighted by Crippen LogP contribution is -2.00. The van der Waals surface area contributed by atoms with Gasteiger partial charge in [0.2, 0.25) is 0 Å². The number of carboxylic acids is 1. The maximum absolute atomic E-state index is 10.8. The Kier molecular flexibility index (Phi) is 4.10. The van der Waals surface area contributed by atoms with E-state index in [0.29, 0.717) is 17.1 Å². The Morgan fingerprint density at radius 1 is 1.15 bits per heavy atom. The Morgan fingerprint density at radius 2 is 1.90 bits per heavy atom. The van der Waals surface area contributed by atoms with Crippen LogP contribution >= 0.6 is 0 Å². The predicted octanol–water partition coefficient (Wildman–Crippen LogP) is 2.68. The van der Waals surface area contributed by atoms with Crippen LogP contribution in [0.1, 0.15) is 15.9 Å². The number of ether oxygens (including phenoxy) is 2. The van der Waals surface area contributed by atoms with Gasteiger partial charge in [0.1, 0.15) is 23.9 Å². The Bertz CT molecular complexity index is 621. The molecule has 0 heterocycles. The Balaban J connectivity index is 2.08. The minimum absolute atomic E-state index is 0.0348. The average molecular weight is 274 g/mol. The molecule has 0 unspecified atom stereocenters. The fourth-order valence-electron chi connectivity index (χ4n) is 1.67. The lowest BCUT2D eigenvalue weighted by molar-refractivity contribution is 0.0696. The standard InChI is InChI=1S/C15H14O5/c1-19-12-3-2-4-13(8-12)20-9-11-6-5-10(15(17)18)7-14(11)16/h2-8,16H,9H2,1H3,(H,17,18). The third-order valence-corrected chi connectivity index (χ3v) is 2.77. The number of carbonyl (C=O) groups is 1. The van der Waals surface area contributed by atoms with Gasteiger partial charge in [-0.3, -0.25) is 0 Å². The summed E-state index contributed by atoms with van der Waals surface area (Å²) in [4.78, 5) is 10.8. The molecule has 0 spiro atoms. The third kappa shape index (κ3) is 3.20. The number of carboxylic acid groups (broad SMARTS) is 1. The molecule has 0 bridgehead atoms. The molecular weight excluding hydrogens is 260 g/mol. The molecule has 5 nitrogen and oxygen atoms in total. The third-order valence-electron chi connectivity index (χ3n) is 2.77. The first-order valence-corrected chi connectivity index (χ1v) is 5.92. The minimum Gasteiger partial charge on any atom is -0.508 e. The zero-order valence-corrected chi connectivity index (χ0v) is 10.9. The Morgan fingerprint density at radius 3 is 2.55 bits per heavy atom. The Hall–Kier alpha value is -2.69. The molecule has 2 aromatic carbocycles. The van der Waals surface area contributed by atoms with Crippen molar-refractivity contribution in [1.82, 2.24) is 0 Å². The van der Waals surface area contributed by atoms with E-state index in [0.717, 1.165) is 0 Å². The smallest absolute Gasteiger partial charge is 0.335 e. The molecule has 0 aliphatic carbocycles. The van der Waals surface area contributed by atoms with Crippen LogP contribution in [0.25, 0.3) is 0 Å². The summed E-state index contributed by atoms with van der Waals surface area (Å²) < 4.78 is 10.6. The van der Waals surface area contributed by atoms with Gasteiger partial charge < -0.3 is 19.7 Å². The van der Waals surface area contributed by atoms with E-state index < -0.39 is 5.97 Å². The van der Waals surface area contributed by atoms with Crippen molar-refractivity contribution in [2.24, 2.45) is 0 Å². The van der Waals surface area contributed by atoms with Gasteiger partial charge in [-0.05, 0) is 24.3 Å². The fourth-order valence-corrected chi connectivity index (χ4v) is 1.67. The molecule has 0 saturated heterocycles. The summed E-state index contributed by atoms with van der Waals surface area (Å²) >= 11 is 0. The van der Waals surface area contributed by atoms with E-state index in [1.54, 1.807) is 31.4 Å². The highest BCUT2D eigenvalue weighted by Gasteiger charge is 2.08. The van der Waals surface area contributed by atoms with Crippen molar-refractivity contribution in [3.63, 3.8) is 0 Å². The second kappa shape index (κ2) is 5.97. The molecule has 0 fully saturated rings. The molecule has 2 aromatic rings. The number of aromatic hydroxyl groups is 1. The molecule has 0 amide bonds. The van der Waals surface area contributed by atoms with Crippen LogP contribution in [-0.4, -0.2) is 23.3 Å². The van der Waals surface area contributed by atoms with E-state index in [1.807, 2.05) is 0 Å². The predicted molar refractivity (Wildman–Crippen MR) is 72.4 cm³/mol. The first-order valence-electron chi connectivity index (χ1n) is 5.92. The number of hydrogen-bond acceptors (Lipinski definition) is 4. The summed E-state index contributed by atoms with van der Waals surface area (Å²) in [7, 11) is 1.57. The van der Waals surface area contributed by atoms with Crippen LogP contribution in [0.3, 0.4) is 0 Å². The number of rotatable bonds is 5. The molecule has 0 aliphatic rings. The zero-order valence-electron chi connectivity index (χ0n) is 10.9. The number of phenols is 1. The van der Waals surface area contributed by atoms with Crippen molar-refractivity contribution in [3.05, 3.63) is 53.6 Å². The van der Waals surface area contributed by atoms with Gasteiger partial charge in [0.15, 0.2) is 0 Å². The van der Waals surface area contributed by atoms with Gasteiger partial charge in [-0.15, -0.1) is 0 Å². The van der Waals surface area contributed by atoms with Crippen molar-refractivity contribution in [2.45, 2.75) is 6.61 Å². The van der Waals surface area contributed by atoms with E-state index in [-0.39, 0.29) is 17.9 Å². The molecule has 0 radical (unpaired) electrons. The molecule has 5 heteroatoms. The van der Waals surface area contributed by atoms with Crippen LogP contribution in [0.5, 0.6) is 17.2 Å². The molecule has 104 valence electrons. The second-order valence-electron chi connectivity index (χ2n) is 4.12. The van der Waals surface area contributed by atoms with Gasteiger partial charge in [-0.2, -0.15) is 0 Å². The van der Waals surface area contributed by atoms with Gasteiger partial charge in [0.05, 0.1) is 12.7 Å². The minimum atomic E-state index is -1.08. The number of hydrogen-bond donors (Lipinski definition) is 2. The van der Waals surface area contributed by atoms with Gasteiger partial charge >= 0.3 is 5.97 Å². The van der Waals surface area contributed by atoms with Crippen LogP contribution in [0.15, 0.2) is 42.5 Å². The summed E-state index contributed by atoms with van der Waals surface area (Å²) in [5, 5.41) is 18.6. The maximum Gasteiger partial charge on any atom is 0.335 e. The van der Waals surface area contributed by atoms with E-state index in [9.17, 15) is 9.90 Å². The first kappa shape index (κ1) is 13.7. The SMILES string of the molecule is COc1cccc(OCc2ccc(C(=O)O)cc2O)c1. The largest absolute Gasteiger partial charge is 0.508 e. The van der Waals surface area contributed by atoms with E-state index in [2.05, 4.69) is 0 Å². The van der Waals surface area contributed by atoms with Crippen molar-refractivity contribution in [2.75, 3.05) is 7.11 Å². The quantitative estimate of drug-likeness (QED) is 0.876. The molecule has 20 heavy (non-hydrogen) atoms. The lowest BCUT2D eigenvalue weighted by atomic mass is 10.1. The number of aromatic carboxylic acids is 1. The fraction of sp³-hybridized carbons (Fsp3) is 0.133. The number of phenolic OH excluding ortho intramolecular Hbond substituents is 1. The normalized spacial score (nSPS) is 10.1. The van der Waals surface area contributed by atoms with E-state index in [4.69, 9.17) is 14.6 Å². The molecule has 2 N–H and O–H groups in total.